The predicted molar refractivity (Wildman–Crippen MR) is 76.0 cm³/mol. The highest BCUT2D eigenvalue weighted by Gasteiger charge is 2.24. The minimum absolute atomic E-state index is 0.159. The van der Waals surface area contributed by atoms with Crippen LogP contribution in [0.3, 0.4) is 0 Å². The van der Waals surface area contributed by atoms with E-state index in [0.717, 1.165) is 10.2 Å². The second kappa shape index (κ2) is 5.26. The van der Waals surface area contributed by atoms with E-state index in [-0.39, 0.29) is 10.6 Å². The molecule has 0 saturated heterocycles. The molecule has 2 unspecified atom stereocenters. The van der Waals surface area contributed by atoms with Crippen LogP contribution < -0.4 is 5.32 Å². The van der Waals surface area contributed by atoms with E-state index in [4.69, 9.17) is 0 Å². The largest absolute Gasteiger partial charge is 0.381 e. The molecule has 1 aromatic carbocycles. The number of halogens is 1. The molecule has 98 valence electrons. The molecule has 2 atom stereocenters. The van der Waals surface area contributed by atoms with Crippen molar-refractivity contribution in [1.29, 1.82) is 0 Å². The molecule has 18 heavy (non-hydrogen) atoms. The lowest BCUT2D eigenvalue weighted by Gasteiger charge is -2.20. The number of anilines is 1. The molecule has 1 aliphatic carbocycles. The minimum atomic E-state index is -0.345. The monoisotopic (exact) mass is 312 g/mol. The Balaban J connectivity index is 2.23. The summed E-state index contributed by atoms with van der Waals surface area (Å²) in [5, 5.41) is 14.3. The Morgan fingerprint density at radius 1 is 1.44 bits per heavy atom. The SMILES string of the molecule is Cc1cc(NC2CCCC2C)c(Br)cc1[N+](=O)[O-]. The first-order valence-corrected chi connectivity index (χ1v) is 6.99. The van der Waals surface area contributed by atoms with Gasteiger partial charge in [-0.2, -0.15) is 0 Å². The predicted octanol–water partition coefficient (Wildman–Crippen LogP) is 4.27. The van der Waals surface area contributed by atoms with Gasteiger partial charge in [0.15, 0.2) is 0 Å². The van der Waals surface area contributed by atoms with Gasteiger partial charge in [0.1, 0.15) is 0 Å². The van der Waals surface area contributed by atoms with Gasteiger partial charge in [0.25, 0.3) is 5.69 Å². The molecule has 1 aromatic rings. The van der Waals surface area contributed by atoms with Crippen LogP contribution in [0.5, 0.6) is 0 Å². The molecular formula is C13H17BrN2O2. The molecule has 4 nitrogen and oxygen atoms in total. The maximum absolute atomic E-state index is 10.8. The number of hydrogen-bond acceptors (Lipinski definition) is 3. The number of benzene rings is 1. The van der Waals surface area contributed by atoms with Crippen molar-refractivity contribution >= 4 is 27.3 Å². The minimum Gasteiger partial charge on any atom is -0.381 e. The van der Waals surface area contributed by atoms with Crippen molar-refractivity contribution in [2.75, 3.05) is 5.32 Å². The lowest BCUT2D eigenvalue weighted by Crippen LogP contribution is -2.22. The van der Waals surface area contributed by atoms with Gasteiger partial charge in [-0.15, -0.1) is 0 Å². The van der Waals surface area contributed by atoms with Crippen LogP contribution in [0.25, 0.3) is 0 Å². The lowest BCUT2D eigenvalue weighted by atomic mass is 10.1. The van der Waals surface area contributed by atoms with E-state index < -0.39 is 0 Å². The summed E-state index contributed by atoms with van der Waals surface area (Å²) in [6.07, 6.45) is 3.67. The molecule has 1 saturated carbocycles. The lowest BCUT2D eigenvalue weighted by molar-refractivity contribution is -0.385. The zero-order valence-electron chi connectivity index (χ0n) is 10.6. The van der Waals surface area contributed by atoms with E-state index in [2.05, 4.69) is 28.2 Å². The van der Waals surface area contributed by atoms with Crippen molar-refractivity contribution in [3.8, 4) is 0 Å². The molecule has 2 rings (SSSR count). The van der Waals surface area contributed by atoms with E-state index in [0.29, 0.717) is 17.5 Å². The van der Waals surface area contributed by atoms with Gasteiger partial charge < -0.3 is 5.32 Å². The van der Waals surface area contributed by atoms with Crippen molar-refractivity contribution in [2.45, 2.75) is 39.2 Å². The number of nitrogens with one attached hydrogen (secondary N) is 1. The average molecular weight is 313 g/mol. The Morgan fingerprint density at radius 2 is 2.17 bits per heavy atom. The highest BCUT2D eigenvalue weighted by atomic mass is 79.9. The Morgan fingerprint density at radius 3 is 2.72 bits per heavy atom. The zero-order chi connectivity index (χ0) is 13.3. The van der Waals surface area contributed by atoms with Crippen LogP contribution in [0.15, 0.2) is 16.6 Å². The van der Waals surface area contributed by atoms with E-state index in [1.807, 2.05) is 6.07 Å². The third-order valence-electron chi connectivity index (χ3n) is 3.68. The van der Waals surface area contributed by atoms with Gasteiger partial charge in [-0.05, 0) is 47.7 Å². The summed E-state index contributed by atoms with van der Waals surface area (Å²) in [5.74, 6) is 0.660. The van der Waals surface area contributed by atoms with E-state index >= 15 is 0 Å². The second-order valence-corrected chi connectivity index (χ2v) is 5.89. The second-order valence-electron chi connectivity index (χ2n) is 5.03. The standard InChI is InChI=1S/C13H17BrN2O2/c1-8-4-3-5-11(8)15-12-6-9(2)13(16(17)18)7-10(12)14/h6-8,11,15H,3-5H2,1-2H3. The molecule has 1 N–H and O–H groups in total. The maximum Gasteiger partial charge on any atom is 0.273 e. The fourth-order valence-electron chi connectivity index (χ4n) is 2.54. The molecule has 1 fully saturated rings. The molecule has 0 radical (unpaired) electrons. The van der Waals surface area contributed by atoms with Crippen molar-refractivity contribution in [3.63, 3.8) is 0 Å². The zero-order valence-corrected chi connectivity index (χ0v) is 12.2. The van der Waals surface area contributed by atoms with Crippen molar-refractivity contribution < 1.29 is 4.92 Å². The first kappa shape index (κ1) is 13.3. The number of rotatable bonds is 3. The summed E-state index contributed by atoms with van der Waals surface area (Å²) >= 11 is 3.41. The van der Waals surface area contributed by atoms with Crippen LogP contribution in [-0.2, 0) is 0 Å². The maximum atomic E-state index is 10.8. The Bertz CT molecular complexity index is 476. The first-order chi connectivity index (χ1) is 8.49. The van der Waals surface area contributed by atoms with Gasteiger partial charge >= 0.3 is 0 Å². The molecule has 0 heterocycles. The molecule has 0 amide bonds. The Labute approximate surface area is 115 Å². The number of nitro benzene ring substituents is 1. The summed E-state index contributed by atoms with van der Waals surface area (Å²) in [5.41, 5.74) is 1.81. The summed E-state index contributed by atoms with van der Waals surface area (Å²) < 4.78 is 0.763. The molecular weight excluding hydrogens is 296 g/mol. The molecule has 1 aliphatic rings. The number of hydrogen-bond donors (Lipinski definition) is 1. The van der Waals surface area contributed by atoms with Gasteiger partial charge in [-0.1, -0.05) is 13.3 Å². The Hall–Kier alpha value is -1.10. The Kier molecular flexibility index (Phi) is 3.90. The van der Waals surface area contributed by atoms with Crippen LogP contribution >= 0.6 is 15.9 Å². The third kappa shape index (κ3) is 2.66. The van der Waals surface area contributed by atoms with Gasteiger partial charge in [-0.3, -0.25) is 10.1 Å². The molecule has 5 heteroatoms. The fourth-order valence-corrected chi connectivity index (χ4v) is 2.98. The quantitative estimate of drug-likeness (QED) is 0.670. The number of nitro groups is 1. The smallest absolute Gasteiger partial charge is 0.273 e. The van der Waals surface area contributed by atoms with Gasteiger partial charge in [0, 0.05) is 27.8 Å². The summed E-state index contributed by atoms with van der Waals surface area (Å²) in [7, 11) is 0. The topological polar surface area (TPSA) is 55.2 Å². The number of nitrogens with zero attached hydrogens (tertiary/aromatic N) is 1. The van der Waals surface area contributed by atoms with Gasteiger partial charge in [-0.25, -0.2) is 0 Å². The van der Waals surface area contributed by atoms with Gasteiger partial charge in [0.2, 0.25) is 0 Å². The fraction of sp³-hybridized carbons (Fsp3) is 0.538. The van der Waals surface area contributed by atoms with Crippen molar-refractivity contribution in [1.82, 2.24) is 0 Å². The molecule has 0 spiro atoms. The highest BCUT2D eigenvalue weighted by molar-refractivity contribution is 9.10. The van der Waals surface area contributed by atoms with Gasteiger partial charge in [0.05, 0.1) is 4.92 Å². The average Bonchev–Trinajstić information content (AvgIpc) is 2.69. The molecule has 0 aliphatic heterocycles. The number of aryl methyl sites for hydroxylation is 1. The van der Waals surface area contributed by atoms with Crippen molar-refractivity contribution in [3.05, 3.63) is 32.3 Å². The van der Waals surface area contributed by atoms with Crippen LogP contribution in [0.1, 0.15) is 31.7 Å². The van der Waals surface area contributed by atoms with E-state index in [1.165, 1.54) is 19.3 Å². The van der Waals surface area contributed by atoms with Crippen molar-refractivity contribution in [2.24, 2.45) is 5.92 Å². The van der Waals surface area contributed by atoms with E-state index in [1.54, 1.807) is 13.0 Å². The normalized spacial score (nSPS) is 23.1. The molecule has 0 bridgehead atoms. The highest BCUT2D eigenvalue weighted by Crippen LogP contribution is 2.34. The summed E-state index contributed by atoms with van der Waals surface area (Å²) in [4.78, 5) is 10.5. The summed E-state index contributed by atoms with van der Waals surface area (Å²) in [6, 6.07) is 3.91. The third-order valence-corrected chi connectivity index (χ3v) is 4.34. The molecule has 0 aromatic heterocycles. The van der Waals surface area contributed by atoms with E-state index in [9.17, 15) is 10.1 Å². The first-order valence-electron chi connectivity index (χ1n) is 6.20. The summed E-state index contributed by atoms with van der Waals surface area (Å²) in [6.45, 7) is 4.02. The van der Waals surface area contributed by atoms with Crippen LogP contribution in [0.4, 0.5) is 11.4 Å². The van der Waals surface area contributed by atoms with Crippen LogP contribution in [0.2, 0.25) is 0 Å². The van der Waals surface area contributed by atoms with Crippen LogP contribution in [-0.4, -0.2) is 11.0 Å². The van der Waals surface area contributed by atoms with Crippen LogP contribution in [0, 0.1) is 23.0 Å².